The molecule has 1 atom stereocenters. The van der Waals surface area contributed by atoms with Crippen molar-refractivity contribution in [1.82, 2.24) is 10.4 Å². The number of nitrogens with one attached hydrogen (secondary N) is 1. The first-order chi connectivity index (χ1) is 6.22. The van der Waals surface area contributed by atoms with Gasteiger partial charge in [-0.15, -0.1) is 0 Å². The maximum atomic E-state index is 5.89. The molecule has 6 heteroatoms. The highest BCUT2D eigenvalue weighted by Gasteiger charge is 2.28. The highest BCUT2D eigenvalue weighted by Crippen LogP contribution is 2.22. The summed E-state index contributed by atoms with van der Waals surface area (Å²) < 4.78 is 5.09. The van der Waals surface area contributed by atoms with Crippen LogP contribution in [0.4, 0.5) is 0 Å². The number of hydrogen-bond donors (Lipinski definition) is 2. The van der Waals surface area contributed by atoms with Gasteiger partial charge >= 0.3 is 0 Å². The summed E-state index contributed by atoms with van der Waals surface area (Å²) in [5, 5.41) is 2.20. The Kier molecular flexibility index (Phi) is 1.99. The van der Waals surface area contributed by atoms with Gasteiger partial charge in [-0.3, -0.25) is 10.7 Å². The maximum absolute atomic E-state index is 5.89. The fourth-order valence-corrected chi connectivity index (χ4v) is 1.44. The molecule has 0 radical (unpaired) electrons. The van der Waals surface area contributed by atoms with Crippen molar-refractivity contribution in [2.75, 3.05) is 7.11 Å². The summed E-state index contributed by atoms with van der Waals surface area (Å²) in [5.74, 6) is 1.15. The van der Waals surface area contributed by atoms with E-state index < -0.39 is 6.29 Å². The van der Waals surface area contributed by atoms with Crippen molar-refractivity contribution in [3.63, 3.8) is 0 Å². The molecule has 1 unspecified atom stereocenters. The predicted octanol–water partition coefficient (Wildman–Crippen LogP) is 0.0715. The highest BCUT2D eigenvalue weighted by atomic mass is 35.5. The molecule has 2 rings (SSSR count). The second-order valence-electron chi connectivity index (χ2n) is 2.59. The van der Waals surface area contributed by atoms with Crippen molar-refractivity contribution < 1.29 is 4.74 Å². The van der Waals surface area contributed by atoms with Gasteiger partial charge in [-0.1, -0.05) is 11.6 Å². The summed E-state index contributed by atoms with van der Waals surface area (Å²) in [6, 6.07) is 0. The number of halogens is 1. The molecule has 0 bridgehead atoms. The van der Waals surface area contributed by atoms with Crippen LogP contribution in [0.15, 0.2) is 28.1 Å². The third-order valence-electron chi connectivity index (χ3n) is 1.75. The van der Waals surface area contributed by atoms with E-state index in [1.54, 1.807) is 24.4 Å². The van der Waals surface area contributed by atoms with Crippen molar-refractivity contribution in [2.45, 2.75) is 6.29 Å². The number of rotatable bonds is 1. The quantitative estimate of drug-likeness (QED) is 0.629. The lowest BCUT2D eigenvalue weighted by Gasteiger charge is -2.20. The number of amidine groups is 1. The lowest BCUT2D eigenvalue weighted by Crippen LogP contribution is -2.41. The number of fused-ring (bicyclic) bond motifs is 1. The zero-order valence-corrected chi connectivity index (χ0v) is 7.75. The van der Waals surface area contributed by atoms with Crippen LogP contribution in [0.3, 0.4) is 0 Å². The van der Waals surface area contributed by atoms with Crippen molar-refractivity contribution in [3.8, 4) is 0 Å². The lowest BCUT2D eigenvalue weighted by molar-refractivity contribution is 0.296. The molecule has 0 aromatic rings. The minimum Gasteiger partial charge on any atom is -0.491 e. The predicted molar refractivity (Wildman–Crippen MR) is 49.4 cm³/mol. The van der Waals surface area contributed by atoms with Crippen LogP contribution < -0.4 is 11.2 Å². The smallest absolute Gasteiger partial charge is 0.190 e. The molecule has 5 nitrogen and oxygen atoms in total. The van der Waals surface area contributed by atoms with Gasteiger partial charge in [-0.05, 0) is 6.08 Å². The summed E-state index contributed by atoms with van der Waals surface area (Å²) in [6.45, 7) is 0. The van der Waals surface area contributed by atoms with E-state index in [4.69, 9.17) is 22.1 Å². The Labute approximate surface area is 80.5 Å². The first-order valence-electron chi connectivity index (χ1n) is 3.73. The molecule has 2 aliphatic heterocycles. The molecular formula is C7H9ClN4O. The zero-order chi connectivity index (χ0) is 9.42. The van der Waals surface area contributed by atoms with E-state index in [-0.39, 0.29) is 0 Å². The molecule has 0 aromatic heterocycles. The Morgan fingerprint density at radius 3 is 3.23 bits per heavy atom. The highest BCUT2D eigenvalue weighted by molar-refractivity contribution is 6.33. The Morgan fingerprint density at radius 2 is 2.54 bits per heavy atom. The molecule has 0 fully saturated rings. The normalized spacial score (nSPS) is 26.2. The lowest BCUT2D eigenvalue weighted by atomic mass is 10.3. The van der Waals surface area contributed by atoms with E-state index in [0.717, 1.165) is 0 Å². The van der Waals surface area contributed by atoms with Crippen molar-refractivity contribution >= 4 is 17.4 Å². The molecule has 0 aliphatic carbocycles. The van der Waals surface area contributed by atoms with Gasteiger partial charge < -0.3 is 4.74 Å². The largest absolute Gasteiger partial charge is 0.491 e. The van der Waals surface area contributed by atoms with E-state index in [0.29, 0.717) is 16.6 Å². The molecule has 0 saturated carbocycles. The van der Waals surface area contributed by atoms with Crippen LogP contribution in [0.2, 0.25) is 0 Å². The second kappa shape index (κ2) is 3.02. The standard InChI is InChI=1S/C7H9ClN4O/c1-13-5-4(8)2-3-12-6(5)10-7(9)11-12/h2-3,7,11H,9H2,1H3. The summed E-state index contributed by atoms with van der Waals surface area (Å²) in [4.78, 5) is 4.10. The topological polar surface area (TPSA) is 62.9 Å². The summed E-state index contributed by atoms with van der Waals surface area (Å²) in [5.41, 5.74) is 8.45. The van der Waals surface area contributed by atoms with Crippen LogP contribution in [0.25, 0.3) is 0 Å². The zero-order valence-electron chi connectivity index (χ0n) is 6.99. The third kappa shape index (κ3) is 1.31. The molecule has 0 spiro atoms. The second-order valence-corrected chi connectivity index (χ2v) is 3.00. The number of ether oxygens (including phenoxy) is 1. The van der Waals surface area contributed by atoms with E-state index >= 15 is 0 Å². The number of allylic oxidation sites excluding steroid dienone is 2. The van der Waals surface area contributed by atoms with Gasteiger partial charge in [0, 0.05) is 6.20 Å². The number of nitrogens with zero attached hydrogens (tertiary/aromatic N) is 2. The number of nitrogens with two attached hydrogens (primary N) is 1. The number of hydrazine groups is 1. The summed E-state index contributed by atoms with van der Waals surface area (Å²) >= 11 is 5.89. The number of aliphatic imine (C=N–C) groups is 1. The van der Waals surface area contributed by atoms with Gasteiger partial charge in [0.1, 0.15) is 0 Å². The van der Waals surface area contributed by atoms with Gasteiger partial charge in [-0.2, -0.15) is 5.43 Å². The molecule has 0 aromatic carbocycles. The van der Waals surface area contributed by atoms with Crippen LogP contribution in [0, 0.1) is 0 Å². The summed E-state index contributed by atoms with van der Waals surface area (Å²) in [7, 11) is 1.54. The van der Waals surface area contributed by atoms with Crippen LogP contribution >= 0.6 is 11.6 Å². The number of methoxy groups -OCH3 is 1. The molecule has 0 saturated heterocycles. The monoisotopic (exact) mass is 200 g/mol. The number of hydrogen-bond acceptors (Lipinski definition) is 5. The third-order valence-corrected chi connectivity index (χ3v) is 2.05. The Hall–Kier alpha value is -1.04. The van der Waals surface area contributed by atoms with Crippen LogP contribution in [-0.4, -0.2) is 24.2 Å². The summed E-state index contributed by atoms with van der Waals surface area (Å²) in [6.07, 6.45) is 3.02. The first-order valence-corrected chi connectivity index (χ1v) is 4.11. The van der Waals surface area contributed by atoms with Gasteiger partial charge in [-0.25, -0.2) is 4.99 Å². The van der Waals surface area contributed by atoms with Gasteiger partial charge in [0.2, 0.25) is 0 Å². The van der Waals surface area contributed by atoms with E-state index in [1.807, 2.05) is 0 Å². The van der Waals surface area contributed by atoms with Crippen molar-refractivity contribution in [3.05, 3.63) is 23.1 Å². The Balaban J connectivity index is 2.40. The Morgan fingerprint density at radius 1 is 1.77 bits per heavy atom. The molecule has 3 N–H and O–H groups in total. The van der Waals surface area contributed by atoms with Crippen LogP contribution in [-0.2, 0) is 4.74 Å². The van der Waals surface area contributed by atoms with Gasteiger partial charge in [0.15, 0.2) is 17.9 Å². The van der Waals surface area contributed by atoms with Crippen molar-refractivity contribution in [2.24, 2.45) is 10.7 Å². The van der Waals surface area contributed by atoms with Crippen LogP contribution in [0.1, 0.15) is 0 Å². The minimum absolute atomic E-state index is 0.438. The van der Waals surface area contributed by atoms with Crippen molar-refractivity contribution in [1.29, 1.82) is 0 Å². The van der Waals surface area contributed by atoms with E-state index in [9.17, 15) is 0 Å². The average Bonchev–Trinajstić information content (AvgIpc) is 2.45. The molecular weight excluding hydrogens is 192 g/mol. The molecule has 2 heterocycles. The maximum Gasteiger partial charge on any atom is 0.190 e. The van der Waals surface area contributed by atoms with Gasteiger partial charge in [0.25, 0.3) is 0 Å². The Bertz CT molecular complexity index is 322. The van der Waals surface area contributed by atoms with Gasteiger partial charge in [0.05, 0.1) is 12.1 Å². The molecule has 70 valence electrons. The first kappa shape index (κ1) is 8.55. The fraction of sp³-hybridized carbons (Fsp3) is 0.286. The average molecular weight is 201 g/mol. The SMILES string of the molecule is COC1=C(Cl)C=CN2NC(N)N=C12. The minimum atomic E-state index is -0.438. The molecule has 2 aliphatic rings. The van der Waals surface area contributed by atoms with E-state index in [2.05, 4.69) is 10.4 Å². The fourth-order valence-electron chi connectivity index (χ4n) is 1.22. The van der Waals surface area contributed by atoms with E-state index in [1.165, 1.54) is 0 Å². The molecule has 0 amide bonds. The van der Waals surface area contributed by atoms with Crippen LogP contribution in [0.5, 0.6) is 0 Å². The molecule has 13 heavy (non-hydrogen) atoms.